The third kappa shape index (κ3) is 6.92. The van der Waals surface area contributed by atoms with E-state index in [-0.39, 0.29) is 5.91 Å². The lowest BCUT2D eigenvalue weighted by molar-refractivity contribution is -0.115. The number of amides is 1. The first-order valence-electron chi connectivity index (χ1n) is 10.4. The fraction of sp³-hybridized carbons (Fsp3) is 0.333. The van der Waals surface area contributed by atoms with Gasteiger partial charge in [-0.05, 0) is 54.6 Å². The molecule has 0 aromatic heterocycles. The van der Waals surface area contributed by atoms with Crippen LogP contribution in [-0.2, 0) is 4.79 Å². The topological polar surface area (TPSA) is 50.7 Å². The van der Waals surface area contributed by atoms with Crippen LogP contribution in [0.3, 0.4) is 0 Å². The Bertz CT molecular complexity index is 913. The summed E-state index contributed by atoms with van der Waals surface area (Å²) in [5.74, 6) is 0.568. The first kappa shape index (κ1) is 22.4. The summed E-state index contributed by atoms with van der Waals surface area (Å²) in [6.07, 6.45) is 9.08. The molecule has 1 aliphatic heterocycles. The van der Waals surface area contributed by atoms with E-state index in [1.165, 1.54) is 43.9 Å². The van der Waals surface area contributed by atoms with Gasteiger partial charge in [-0.2, -0.15) is 0 Å². The van der Waals surface area contributed by atoms with Gasteiger partial charge in [-0.25, -0.2) is 4.99 Å². The minimum Gasteiger partial charge on any atom is -0.493 e. The third-order valence-corrected chi connectivity index (χ3v) is 5.80. The van der Waals surface area contributed by atoms with Gasteiger partial charge in [-0.3, -0.25) is 4.79 Å². The minimum absolute atomic E-state index is 0.170. The number of hydrogen-bond donors (Lipinski definition) is 1. The van der Waals surface area contributed by atoms with Crippen molar-refractivity contribution in [2.45, 2.75) is 45.4 Å². The summed E-state index contributed by atoms with van der Waals surface area (Å²) in [6.45, 7) is 2.88. The number of benzene rings is 2. The Balaban J connectivity index is 1.65. The number of nitrogens with one attached hydrogen (secondary N) is 1. The number of para-hydroxylation sites is 1. The molecule has 1 aliphatic rings. The average molecular weight is 443 g/mol. The largest absolute Gasteiger partial charge is 0.493 e. The van der Waals surface area contributed by atoms with Gasteiger partial charge in [0, 0.05) is 10.6 Å². The molecule has 4 nitrogen and oxygen atoms in total. The highest BCUT2D eigenvalue weighted by atomic mass is 35.5. The number of carbonyl (C=O) groups excluding carboxylic acids is 1. The summed E-state index contributed by atoms with van der Waals surface area (Å²) >= 11 is 7.51. The molecule has 0 atom stereocenters. The van der Waals surface area contributed by atoms with Crippen molar-refractivity contribution in [3.8, 4) is 5.75 Å². The van der Waals surface area contributed by atoms with E-state index >= 15 is 0 Å². The van der Waals surface area contributed by atoms with Crippen molar-refractivity contribution in [3.63, 3.8) is 0 Å². The molecule has 3 rings (SSSR count). The second kappa shape index (κ2) is 11.8. The van der Waals surface area contributed by atoms with Gasteiger partial charge in [-0.15, -0.1) is 0 Å². The highest BCUT2D eigenvalue weighted by Crippen LogP contribution is 2.32. The van der Waals surface area contributed by atoms with E-state index in [9.17, 15) is 4.79 Å². The Morgan fingerprint density at radius 2 is 1.83 bits per heavy atom. The number of aliphatic imine (C=N–C) groups is 1. The van der Waals surface area contributed by atoms with Crippen LogP contribution in [0.5, 0.6) is 5.75 Å². The molecule has 0 unspecified atom stereocenters. The number of rotatable bonds is 10. The van der Waals surface area contributed by atoms with Crippen LogP contribution in [0.4, 0.5) is 5.69 Å². The first-order chi connectivity index (χ1) is 14.7. The van der Waals surface area contributed by atoms with E-state index < -0.39 is 0 Å². The summed E-state index contributed by atoms with van der Waals surface area (Å²) in [5, 5.41) is 3.99. The predicted molar refractivity (Wildman–Crippen MR) is 128 cm³/mol. The van der Waals surface area contributed by atoms with E-state index in [1.54, 1.807) is 0 Å². The molecule has 0 spiro atoms. The molecule has 1 amide bonds. The van der Waals surface area contributed by atoms with Gasteiger partial charge in [0.25, 0.3) is 5.91 Å². The average Bonchev–Trinajstić information content (AvgIpc) is 3.08. The Labute approximate surface area is 187 Å². The van der Waals surface area contributed by atoms with Crippen molar-refractivity contribution in [1.29, 1.82) is 0 Å². The number of halogens is 1. The Kier molecular flexibility index (Phi) is 8.84. The zero-order valence-corrected chi connectivity index (χ0v) is 18.8. The summed E-state index contributed by atoms with van der Waals surface area (Å²) in [4.78, 5) is 17.5. The van der Waals surface area contributed by atoms with E-state index in [4.69, 9.17) is 16.3 Å². The predicted octanol–water partition coefficient (Wildman–Crippen LogP) is 6.97. The maximum atomic E-state index is 12.4. The summed E-state index contributed by atoms with van der Waals surface area (Å²) < 4.78 is 5.99. The second-order valence-electron chi connectivity index (χ2n) is 7.12. The highest BCUT2D eigenvalue weighted by molar-refractivity contribution is 8.18. The van der Waals surface area contributed by atoms with Crippen LogP contribution >= 0.6 is 23.4 Å². The quantitative estimate of drug-likeness (QED) is 0.319. The van der Waals surface area contributed by atoms with Crippen molar-refractivity contribution in [1.82, 2.24) is 5.32 Å². The highest BCUT2D eigenvalue weighted by Gasteiger charge is 2.24. The molecule has 0 bridgehead atoms. The number of hydrogen-bond acceptors (Lipinski definition) is 4. The summed E-state index contributed by atoms with van der Waals surface area (Å²) in [5.41, 5.74) is 1.60. The lowest BCUT2D eigenvalue weighted by Gasteiger charge is -2.10. The maximum absolute atomic E-state index is 12.4. The Hall–Kier alpha value is -2.24. The molecule has 0 aliphatic carbocycles. The van der Waals surface area contributed by atoms with Crippen LogP contribution in [0, 0.1) is 0 Å². The Morgan fingerprint density at radius 3 is 2.63 bits per heavy atom. The van der Waals surface area contributed by atoms with Gasteiger partial charge in [0.1, 0.15) is 5.75 Å². The lowest BCUT2D eigenvalue weighted by Crippen LogP contribution is -2.19. The van der Waals surface area contributed by atoms with Crippen molar-refractivity contribution in [2.75, 3.05) is 6.61 Å². The van der Waals surface area contributed by atoms with Gasteiger partial charge in [0.2, 0.25) is 0 Å². The van der Waals surface area contributed by atoms with E-state index in [1.807, 2.05) is 54.6 Å². The number of unbranched alkanes of at least 4 members (excludes halogenated alkanes) is 5. The number of carbonyl (C=O) groups is 1. The maximum Gasteiger partial charge on any atom is 0.264 e. The third-order valence-electron chi connectivity index (χ3n) is 4.65. The number of nitrogens with zero attached hydrogens (tertiary/aromatic N) is 1. The fourth-order valence-electron chi connectivity index (χ4n) is 3.07. The molecule has 2 aromatic rings. The molecule has 1 fully saturated rings. The van der Waals surface area contributed by atoms with Crippen molar-refractivity contribution in [3.05, 3.63) is 64.0 Å². The summed E-state index contributed by atoms with van der Waals surface area (Å²) in [7, 11) is 0. The fourth-order valence-corrected chi connectivity index (χ4v) is 4.08. The van der Waals surface area contributed by atoms with Gasteiger partial charge >= 0.3 is 0 Å². The van der Waals surface area contributed by atoms with E-state index in [0.29, 0.717) is 21.7 Å². The van der Waals surface area contributed by atoms with Crippen LogP contribution in [0.25, 0.3) is 6.08 Å². The van der Waals surface area contributed by atoms with Gasteiger partial charge in [0.15, 0.2) is 5.17 Å². The van der Waals surface area contributed by atoms with Gasteiger partial charge < -0.3 is 10.1 Å². The number of amidine groups is 1. The second-order valence-corrected chi connectivity index (χ2v) is 8.58. The minimum atomic E-state index is -0.170. The van der Waals surface area contributed by atoms with Crippen LogP contribution in [0.1, 0.15) is 51.0 Å². The zero-order chi connectivity index (χ0) is 21.2. The van der Waals surface area contributed by atoms with Crippen molar-refractivity contribution >= 4 is 46.2 Å². The molecule has 6 heteroatoms. The molecule has 1 saturated heterocycles. The molecule has 2 aromatic carbocycles. The molecule has 0 saturated carbocycles. The van der Waals surface area contributed by atoms with Crippen LogP contribution in [0.2, 0.25) is 5.02 Å². The molecule has 30 heavy (non-hydrogen) atoms. The van der Waals surface area contributed by atoms with Gasteiger partial charge in [-0.1, -0.05) is 68.8 Å². The van der Waals surface area contributed by atoms with E-state index in [2.05, 4.69) is 17.2 Å². The molecule has 0 radical (unpaired) electrons. The summed E-state index contributed by atoms with van der Waals surface area (Å²) in [6, 6.07) is 15.0. The van der Waals surface area contributed by atoms with Gasteiger partial charge in [0.05, 0.1) is 17.2 Å². The van der Waals surface area contributed by atoms with E-state index in [0.717, 1.165) is 23.4 Å². The number of ether oxygens (including phenoxy) is 1. The monoisotopic (exact) mass is 442 g/mol. The van der Waals surface area contributed by atoms with Crippen LogP contribution in [0.15, 0.2) is 58.4 Å². The molecule has 158 valence electrons. The van der Waals surface area contributed by atoms with Crippen LogP contribution < -0.4 is 10.1 Å². The zero-order valence-electron chi connectivity index (χ0n) is 17.2. The first-order valence-corrected chi connectivity index (χ1v) is 11.6. The molecule has 1 heterocycles. The SMILES string of the molecule is CCCCCCCCOc1ccc(Cl)cc1C=C1SC(=Nc2ccccc2)NC1=O. The lowest BCUT2D eigenvalue weighted by atomic mass is 10.1. The van der Waals surface area contributed by atoms with Crippen LogP contribution in [-0.4, -0.2) is 17.7 Å². The molecular formula is C24H27ClN2O2S. The standard InChI is InChI=1S/C24H27ClN2O2S/c1-2-3-4-5-6-10-15-29-21-14-13-19(25)16-18(21)17-22-23(28)27-24(30-22)26-20-11-8-7-9-12-20/h7-9,11-14,16-17H,2-6,10,15H2,1H3,(H,26,27,28). The smallest absolute Gasteiger partial charge is 0.264 e. The van der Waals surface area contributed by atoms with Crippen molar-refractivity contribution < 1.29 is 9.53 Å². The molecular weight excluding hydrogens is 416 g/mol. The number of thioether (sulfide) groups is 1. The Morgan fingerprint density at radius 1 is 1.07 bits per heavy atom. The normalized spacial score (nSPS) is 16.3. The van der Waals surface area contributed by atoms with Crippen molar-refractivity contribution in [2.24, 2.45) is 4.99 Å². The molecule has 1 N–H and O–H groups in total.